The van der Waals surface area contributed by atoms with Crippen LogP contribution in [0.5, 0.6) is 0 Å². The predicted octanol–water partition coefficient (Wildman–Crippen LogP) is 3.69. The molecule has 4 aliphatic rings. The number of methoxy groups -OCH3 is 2. The van der Waals surface area contributed by atoms with Gasteiger partial charge in [0.05, 0.1) is 45.0 Å². The van der Waals surface area contributed by atoms with Gasteiger partial charge in [-0.05, 0) is 48.0 Å². The second kappa shape index (κ2) is 32.0. The molecule has 7 N–H and O–H groups in total. The number of hydrogen-bond donors (Lipinski definition) is 11. The number of nitrogens with one attached hydrogen (secondary N) is 4. The van der Waals surface area contributed by atoms with Gasteiger partial charge in [0.25, 0.3) is 22.2 Å². The number of fused-ring (bicyclic) bond motifs is 1. The Morgan fingerprint density at radius 1 is 0.545 bits per heavy atom. The van der Waals surface area contributed by atoms with Crippen LogP contribution in [0.3, 0.4) is 0 Å². The molecule has 9 heterocycles. The van der Waals surface area contributed by atoms with Gasteiger partial charge in [-0.2, -0.15) is 4.98 Å². The summed E-state index contributed by atoms with van der Waals surface area (Å²) in [5.41, 5.74) is -0.992. The number of anilines is 1. The molecule has 0 aliphatic carbocycles. The lowest BCUT2D eigenvalue weighted by Gasteiger charge is -2.28. The molecule has 99 heavy (non-hydrogen) atoms. The molecule has 0 spiro atoms. The van der Waals surface area contributed by atoms with Gasteiger partial charge in [-0.25, -0.2) is 42.2 Å². The monoisotopic (exact) mass is 1590 g/mol. The number of hydrogen-bond acceptors (Lipinski definition) is 32. The van der Waals surface area contributed by atoms with Gasteiger partial charge in [-0.15, -0.1) is 0 Å². The van der Waals surface area contributed by atoms with Gasteiger partial charge in [0, 0.05) is 68.9 Å². The van der Waals surface area contributed by atoms with Crippen LogP contribution in [0.1, 0.15) is 81.6 Å². The van der Waals surface area contributed by atoms with E-state index in [1.165, 1.54) is 45.0 Å². The molecule has 0 amide bonds. The molecule has 0 bridgehead atoms. The number of aromatic nitrogens is 10. The summed E-state index contributed by atoms with van der Waals surface area (Å²) >= 11 is 20.9. The predicted molar refractivity (Wildman–Crippen MR) is 362 cm³/mol. The minimum atomic E-state index is -4.90. The quantitative estimate of drug-likeness (QED) is 0.0171. The standard InChI is InChI=1S/C49H72N11O29P5S5/c1-22-14-57(46(66)54-39(22)62)31-12-25(27(81-31)17-77-91(70,96)86-26-13-32(60-21-51-33-38(60)52-45(50)53-42(33)65)82-28(26)18-80-94(73,99)89-49(4,5)6)85-92(71,97)78-19-29-35(37(75-8)44(83-29)59-16-24(3)41(64)56-48(59)68)88-93(72,98)79-20-30-34(87-90(69,95)76-11-9-10-61)36(74-7)43(84-30)58-15-23(2)40(63)55-47(58)67/h14-16,21,25-32,34-37,43-44,61H,9-13,17-20H2,1-8H3,(H,69,95)(H,70,96)(H,71,97)(H,72,98)(H,73,99)(H,54,62,66)(H,55,63,67)(H,56,64,68)(H3,50,52,53,65)/t25?,26?,27-,28-,29-,30-,31-,32-,34?,35?,36?,37?,43-,44-,90?,91?,92?,93?,94?/m1/s1. The van der Waals surface area contributed by atoms with Crippen LogP contribution in [-0.4, -0.2) is 174 Å². The van der Waals surface area contributed by atoms with E-state index in [4.69, 9.17) is 79.4 Å². The molecule has 0 saturated carbocycles. The van der Waals surface area contributed by atoms with Crippen LogP contribution in [-0.2, 0) is 96.5 Å². The van der Waals surface area contributed by atoms with Crippen molar-refractivity contribution < 1.29 is 102 Å². The van der Waals surface area contributed by atoms with Crippen LogP contribution in [0.25, 0.3) is 11.2 Å². The molecule has 5 aromatic rings. The zero-order valence-corrected chi connectivity index (χ0v) is 62.3. The van der Waals surface area contributed by atoms with Crippen molar-refractivity contribution in [3.05, 3.63) is 114 Å². The molecule has 9 rings (SSSR count). The van der Waals surface area contributed by atoms with Crippen LogP contribution in [0.15, 0.2) is 58.5 Å². The van der Waals surface area contributed by atoms with E-state index in [-0.39, 0.29) is 59.9 Å². The second-order valence-corrected chi connectivity index (χ2v) is 37.9. The third-order valence-corrected chi connectivity index (χ3v) is 23.5. The molecule has 40 nitrogen and oxygen atoms in total. The van der Waals surface area contributed by atoms with Gasteiger partial charge in [-0.3, -0.25) is 98.1 Å². The fourth-order valence-electron chi connectivity index (χ4n) is 10.7. The van der Waals surface area contributed by atoms with Gasteiger partial charge in [0.2, 0.25) is 5.95 Å². The van der Waals surface area contributed by atoms with Crippen molar-refractivity contribution in [2.24, 2.45) is 0 Å². The van der Waals surface area contributed by atoms with Crippen molar-refractivity contribution >= 4 is 112 Å². The van der Waals surface area contributed by atoms with E-state index in [0.717, 1.165) is 33.2 Å². The Hall–Kier alpha value is -3.59. The second-order valence-electron chi connectivity index (χ2n) is 23.5. The van der Waals surface area contributed by atoms with Crippen molar-refractivity contribution in [2.45, 2.75) is 152 Å². The number of nitrogens with zero attached hydrogens (tertiary/aromatic N) is 6. The van der Waals surface area contributed by atoms with Gasteiger partial charge in [0.15, 0.2) is 23.6 Å². The van der Waals surface area contributed by atoms with Crippen molar-refractivity contribution in [1.29, 1.82) is 0 Å². The summed E-state index contributed by atoms with van der Waals surface area (Å²) in [6.45, 7) is -17.8. The van der Waals surface area contributed by atoms with Crippen LogP contribution < -0.4 is 45.0 Å². The normalized spacial score (nSPS) is 28.9. The maximum atomic E-state index is 14.7. The highest BCUT2D eigenvalue weighted by molar-refractivity contribution is 8.45. The van der Waals surface area contributed by atoms with Crippen molar-refractivity contribution in [3.8, 4) is 0 Å². The number of rotatable bonds is 31. The largest absolute Gasteiger partial charge is 0.396 e. The number of nitrogen functional groups attached to an aromatic ring is 1. The topological polar surface area (TPSA) is 507 Å². The van der Waals surface area contributed by atoms with Crippen molar-refractivity contribution in [2.75, 3.05) is 59.6 Å². The summed E-state index contributed by atoms with van der Waals surface area (Å²) in [7, 11) is 2.33. The first-order valence-electron chi connectivity index (χ1n) is 29.5. The number of aromatic amines is 4. The van der Waals surface area contributed by atoms with Crippen LogP contribution in [0.2, 0.25) is 0 Å². The molecule has 4 aliphatic heterocycles. The number of imidazole rings is 1. The number of aliphatic hydroxyl groups is 1. The van der Waals surface area contributed by atoms with Gasteiger partial charge < -0.3 is 43.8 Å². The summed E-state index contributed by atoms with van der Waals surface area (Å²) in [6.07, 6.45) is -16.4. The van der Waals surface area contributed by atoms with Gasteiger partial charge in [-0.1, -0.05) is 61.2 Å². The summed E-state index contributed by atoms with van der Waals surface area (Å²) in [5.74, 6) is -0.255. The minimum Gasteiger partial charge on any atom is -0.396 e. The van der Waals surface area contributed by atoms with Crippen molar-refractivity contribution in [3.63, 3.8) is 0 Å². The number of ether oxygens (including phenoxy) is 6. The summed E-state index contributed by atoms with van der Waals surface area (Å²) in [4.78, 5) is 107. The van der Waals surface area contributed by atoms with E-state index in [9.17, 15) is 61.5 Å². The highest BCUT2D eigenvalue weighted by Crippen LogP contribution is 2.62. The number of H-pyrrole nitrogens is 4. The molecular weight excluding hydrogens is 1520 g/mol. The Balaban J connectivity index is 0.955. The van der Waals surface area contributed by atoms with Crippen LogP contribution in [0, 0.1) is 20.8 Å². The molecule has 11 unspecified atom stereocenters. The molecule has 4 saturated heterocycles. The third kappa shape index (κ3) is 19.9. The molecular formula is C49H72N11O29P5S5. The highest BCUT2D eigenvalue weighted by atomic mass is 32.7. The lowest BCUT2D eigenvalue weighted by atomic mass is 10.1. The average molecular weight is 1590 g/mol. The number of thiol groups is 5. The molecule has 4 fully saturated rings. The van der Waals surface area contributed by atoms with E-state index < -0.39 is 198 Å². The summed E-state index contributed by atoms with van der Waals surface area (Å²) in [6, 6.07) is 0. The Kier molecular flexibility index (Phi) is 25.7. The lowest BCUT2D eigenvalue weighted by Crippen LogP contribution is -2.40. The molecule has 5 aromatic heterocycles. The van der Waals surface area contributed by atoms with Gasteiger partial charge in [0.1, 0.15) is 73.5 Å². The fraction of sp³-hybridized carbons (Fsp3) is 0.653. The molecule has 19 atom stereocenters. The lowest BCUT2D eigenvalue weighted by molar-refractivity contribution is -0.0625. The summed E-state index contributed by atoms with van der Waals surface area (Å²) < 4.78 is 169. The fourth-order valence-corrected chi connectivity index (χ4v) is 18.8. The van der Waals surface area contributed by atoms with Crippen LogP contribution >= 0.6 is 95.2 Å². The maximum absolute atomic E-state index is 14.7. The zero-order chi connectivity index (χ0) is 72.6. The smallest absolute Gasteiger partial charge is 0.386 e. The Bertz CT molecular complexity index is 4470. The van der Waals surface area contributed by atoms with Gasteiger partial charge >= 0.3 is 51.1 Å². The van der Waals surface area contributed by atoms with E-state index in [0.29, 0.717) is 0 Å². The average Bonchev–Trinajstić information content (AvgIpc) is 1.61. The highest BCUT2D eigenvalue weighted by Gasteiger charge is 2.54. The summed E-state index contributed by atoms with van der Waals surface area (Å²) in [5, 5.41) is 9.32. The van der Waals surface area contributed by atoms with Crippen molar-refractivity contribution in [1.82, 2.24) is 48.2 Å². The first-order chi connectivity index (χ1) is 46.2. The Labute approximate surface area is 585 Å². The number of aryl methyl sites for hydroxylation is 3. The van der Waals surface area contributed by atoms with E-state index >= 15 is 0 Å². The Morgan fingerprint density at radius 2 is 0.939 bits per heavy atom. The van der Waals surface area contributed by atoms with E-state index in [2.05, 4.69) is 91.1 Å². The first-order valence-corrected chi connectivity index (χ1v) is 43.0. The number of nitrogens with two attached hydrogens (primary N) is 1. The number of aliphatic hydroxyl groups excluding tert-OH is 1. The molecule has 50 heteroatoms. The molecule has 0 aromatic carbocycles. The SMILES string of the molecule is COC1C(OP(=O)(S)OC[C@H]2O[C@@H](n3cc(C)c(=O)[nH]c3=O)C(OC)C2OP(=O)(S)OCCCO)[C@@H](COP(=O)(S)OC2C[C@H](n3cc(C)c(=O)[nH]c3=O)O[C@@H]2COP(=O)(S)OC2C[C@H](n3cnc4c(=O)[nH]c(N)nc43)O[C@@H]2COP(=O)(S)OC(C)(C)C)O[C@H]1n1cc(C)c(=O)[nH]c1=O. The van der Waals surface area contributed by atoms with E-state index in [1.807, 2.05) is 0 Å². The molecule has 552 valence electrons. The minimum absolute atomic E-state index is 0.00874. The van der Waals surface area contributed by atoms with Crippen LogP contribution in [0.4, 0.5) is 5.95 Å². The zero-order valence-electron chi connectivity index (χ0n) is 53.4. The van der Waals surface area contributed by atoms with E-state index in [1.54, 1.807) is 20.8 Å². The molecule has 0 radical (unpaired) electrons. The maximum Gasteiger partial charge on any atom is 0.386 e. The Morgan fingerprint density at radius 3 is 1.37 bits per heavy atom. The third-order valence-electron chi connectivity index (χ3n) is 15.1. The first kappa shape index (κ1) is 79.5.